The van der Waals surface area contributed by atoms with Crippen LogP contribution in [0.3, 0.4) is 0 Å². The van der Waals surface area contributed by atoms with Gasteiger partial charge in [-0.25, -0.2) is 0 Å². The van der Waals surface area contributed by atoms with E-state index in [4.69, 9.17) is 0 Å². The highest BCUT2D eigenvalue weighted by Gasteiger charge is 2.56. The monoisotopic (exact) mass is 634 g/mol. The Hall–Kier alpha value is -5.27. The van der Waals surface area contributed by atoms with Gasteiger partial charge in [0.05, 0.1) is 17.7 Å². The topological polar surface area (TPSA) is 55.5 Å². The van der Waals surface area contributed by atoms with Crippen molar-refractivity contribution < 1.29 is 13.1 Å². The minimum atomic E-state index is -4.07. The summed E-state index contributed by atoms with van der Waals surface area (Å²) in [6.07, 6.45) is 13.0. The predicted molar refractivity (Wildman–Crippen MR) is 190 cm³/mol. The zero-order valence-electron chi connectivity index (χ0n) is 28.2. The molecule has 2 aromatic carbocycles. The summed E-state index contributed by atoms with van der Waals surface area (Å²) < 4.78 is 35.9. The molecule has 7 rings (SSSR count). The number of nitriles is 2. The first-order chi connectivity index (χ1) is 23.0. The van der Waals surface area contributed by atoms with Crippen molar-refractivity contribution in [3.63, 3.8) is 0 Å². The molecule has 2 aliphatic carbocycles. The second kappa shape index (κ2) is 11.2. The van der Waals surface area contributed by atoms with E-state index < -0.39 is 12.4 Å². The Morgan fingerprint density at radius 3 is 2.02 bits per heavy atom. The molecule has 7 heteroatoms. The molecule has 0 N–H and O–H groups in total. The van der Waals surface area contributed by atoms with Crippen LogP contribution in [0.5, 0.6) is 0 Å². The fourth-order valence-electron chi connectivity index (χ4n) is 8.62. The van der Waals surface area contributed by atoms with Crippen molar-refractivity contribution in [1.29, 1.82) is 10.5 Å². The van der Waals surface area contributed by atoms with Crippen LogP contribution in [0.4, 0.5) is 8.63 Å². The molecule has 48 heavy (non-hydrogen) atoms. The second-order valence-corrected chi connectivity index (χ2v) is 13.1. The van der Waals surface area contributed by atoms with E-state index in [1.807, 2.05) is 127 Å². The van der Waals surface area contributed by atoms with E-state index in [0.717, 1.165) is 55.7 Å². The van der Waals surface area contributed by atoms with E-state index in [1.165, 1.54) is 8.96 Å². The Morgan fingerprint density at radius 1 is 0.833 bits per heavy atom. The van der Waals surface area contributed by atoms with E-state index in [9.17, 15) is 10.5 Å². The van der Waals surface area contributed by atoms with E-state index >= 15 is 8.63 Å². The Bertz CT molecular complexity index is 2210. The maximum atomic E-state index is 16.6. The van der Waals surface area contributed by atoms with Gasteiger partial charge < -0.3 is 17.6 Å². The molecule has 1 aromatic heterocycles. The van der Waals surface area contributed by atoms with Crippen molar-refractivity contribution in [2.75, 3.05) is 0 Å². The molecule has 0 saturated heterocycles. The molecule has 0 fully saturated rings. The molecule has 0 radical (unpaired) electrons. The first-order valence-electron chi connectivity index (χ1n) is 16.7. The maximum Gasteiger partial charge on any atom is 0.737 e. The first-order valence-corrected chi connectivity index (χ1v) is 16.7. The molecule has 0 bridgehead atoms. The number of rotatable bonds is 5. The van der Waals surface area contributed by atoms with Crippen LogP contribution in [0.25, 0.3) is 22.3 Å². The molecular formula is C41H37BF2N4. The number of benzene rings is 2. The Morgan fingerprint density at radius 2 is 1.44 bits per heavy atom. The molecule has 0 spiro atoms. The molecule has 4 aliphatic rings. The van der Waals surface area contributed by atoms with Crippen LogP contribution in [0, 0.1) is 47.8 Å². The Balaban J connectivity index is 1.31. The SMILES string of the molecule is CCC1=C(C)C2=C(c3ccc(-c4ccc(C5=CC6=CC=CC=CC6C5(C#N)C#N)cc4)cc3)c3c(C)c(CC)c(C)n3[B-](F)(F)[N+]2=C1C. The molecule has 3 heterocycles. The number of halogens is 2. The zero-order chi connectivity index (χ0) is 34.1. The second-order valence-electron chi connectivity index (χ2n) is 13.1. The third kappa shape index (κ3) is 4.13. The number of aromatic nitrogens is 1. The number of fused-ring (bicyclic) bond motifs is 3. The Labute approximate surface area is 281 Å². The minimum Gasteiger partial charge on any atom is -0.393 e. The normalized spacial score (nSPS) is 20.2. The van der Waals surface area contributed by atoms with Gasteiger partial charge in [-0.3, -0.25) is 0 Å². The number of allylic oxidation sites excluding steroid dienone is 10. The van der Waals surface area contributed by atoms with Gasteiger partial charge in [-0.2, -0.15) is 10.5 Å². The van der Waals surface area contributed by atoms with Crippen LogP contribution in [0.15, 0.2) is 107 Å². The van der Waals surface area contributed by atoms with Crippen LogP contribution < -0.4 is 0 Å². The summed E-state index contributed by atoms with van der Waals surface area (Å²) in [5.74, 6) is -0.327. The van der Waals surface area contributed by atoms with Crippen LogP contribution in [-0.2, 0) is 6.42 Å². The zero-order valence-corrected chi connectivity index (χ0v) is 28.2. The summed E-state index contributed by atoms with van der Waals surface area (Å²) in [4.78, 5) is 0. The van der Waals surface area contributed by atoms with Crippen molar-refractivity contribution >= 4 is 23.8 Å². The first kappa shape index (κ1) is 31.3. The van der Waals surface area contributed by atoms with Crippen LogP contribution in [0.1, 0.15) is 67.8 Å². The summed E-state index contributed by atoms with van der Waals surface area (Å²) in [6.45, 7) is 7.60. The molecule has 0 amide bonds. The van der Waals surface area contributed by atoms with Crippen molar-refractivity contribution in [3.05, 3.63) is 141 Å². The van der Waals surface area contributed by atoms with E-state index in [0.29, 0.717) is 41.2 Å². The molecule has 4 nitrogen and oxygen atoms in total. The Kier molecular flexibility index (Phi) is 7.29. The summed E-state index contributed by atoms with van der Waals surface area (Å²) in [6, 6.07) is 20.8. The highest BCUT2D eigenvalue weighted by Crippen LogP contribution is 2.52. The maximum absolute atomic E-state index is 16.6. The van der Waals surface area contributed by atoms with Gasteiger partial charge >= 0.3 is 6.97 Å². The quantitative estimate of drug-likeness (QED) is 0.263. The number of nitrogens with zero attached hydrogens (tertiary/aromatic N) is 4. The molecule has 2 aliphatic heterocycles. The fourth-order valence-corrected chi connectivity index (χ4v) is 8.62. The van der Waals surface area contributed by atoms with Crippen molar-refractivity contribution in [1.82, 2.24) is 4.48 Å². The molecule has 3 aromatic rings. The molecule has 1 unspecified atom stereocenters. The van der Waals surface area contributed by atoms with Gasteiger partial charge in [0.1, 0.15) is 5.71 Å². The lowest BCUT2D eigenvalue weighted by atomic mass is 9.73. The summed E-state index contributed by atoms with van der Waals surface area (Å²) in [5, 5.41) is 20.5. The minimum absolute atomic E-state index is 0.327. The van der Waals surface area contributed by atoms with Gasteiger partial charge in [0, 0.05) is 29.7 Å². The highest BCUT2D eigenvalue weighted by molar-refractivity contribution is 6.58. The highest BCUT2D eigenvalue weighted by atomic mass is 19.2. The average molecular weight is 635 g/mol. The van der Waals surface area contributed by atoms with E-state index in [1.54, 1.807) is 0 Å². The summed E-state index contributed by atoms with van der Waals surface area (Å²) in [7, 11) is 0. The van der Waals surface area contributed by atoms with E-state index in [2.05, 4.69) is 12.1 Å². The largest absolute Gasteiger partial charge is 0.737 e. The molecule has 238 valence electrons. The third-order valence-corrected chi connectivity index (χ3v) is 10.9. The van der Waals surface area contributed by atoms with Gasteiger partial charge in [0.2, 0.25) is 0 Å². The number of hydrogen-bond acceptors (Lipinski definition) is 2. The van der Waals surface area contributed by atoms with Crippen molar-refractivity contribution in [2.24, 2.45) is 11.3 Å². The standard InChI is InChI=1S/C41H37BF2N4/c1-7-34-25(3)39-38(40-26(4)35(8-2)28(6)48(40)42(43,44)47(39)27(34)5)32-20-16-30(17-21-32)29-14-18-31(19-15-29)37-22-33-12-10-9-11-13-36(33)41(37,23-45)24-46/h9-22,36H,7-8H2,1-6H3. The lowest BCUT2D eigenvalue weighted by molar-refractivity contribution is -0.363. The average Bonchev–Trinajstić information content (AvgIpc) is 3.55. The van der Waals surface area contributed by atoms with Gasteiger partial charge in [-0.15, -0.1) is 0 Å². The summed E-state index contributed by atoms with van der Waals surface area (Å²) in [5.41, 5.74) is 11.2. The lowest BCUT2D eigenvalue weighted by Gasteiger charge is -2.34. The predicted octanol–water partition coefficient (Wildman–Crippen LogP) is 9.64. The van der Waals surface area contributed by atoms with Crippen molar-refractivity contribution in [2.45, 2.75) is 54.4 Å². The van der Waals surface area contributed by atoms with Crippen LogP contribution in [-0.4, -0.2) is 21.6 Å². The summed E-state index contributed by atoms with van der Waals surface area (Å²) >= 11 is 0. The molecule has 1 atom stereocenters. The third-order valence-electron chi connectivity index (χ3n) is 10.9. The van der Waals surface area contributed by atoms with Gasteiger partial charge in [-0.1, -0.05) is 98.8 Å². The lowest BCUT2D eigenvalue weighted by Crippen LogP contribution is -2.51. The van der Waals surface area contributed by atoms with E-state index in [-0.39, 0.29) is 5.92 Å². The van der Waals surface area contributed by atoms with Crippen molar-refractivity contribution in [3.8, 4) is 23.3 Å². The molecule has 0 saturated carbocycles. The fraction of sp³-hybridized carbons (Fsp3) is 0.244. The van der Waals surface area contributed by atoms with Gasteiger partial charge in [0.25, 0.3) is 0 Å². The smallest absolute Gasteiger partial charge is 0.393 e. The van der Waals surface area contributed by atoms with Crippen LogP contribution in [0.2, 0.25) is 0 Å². The molecular weight excluding hydrogens is 597 g/mol. The van der Waals surface area contributed by atoms with Crippen LogP contribution >= 0.6 is 0 Å². The number of hydrogen-bond donors (Lipinski definition) is 0. The van der Waals surface area contributed by atoms with Gasteiger partial charge in [0.15, 0.2) is 11.1 Å². The van der Waals surface area contributed by atoms with Gasteiger partial charge in [-0.05, 0) is 83.8 Å².